The van der Waals surface area contributed by atoms with Gasteiger partial charge in [-0.05, 0) is 44.0 Å². The number of nitrogens with zero attached hydrogens (tertiary/aromatic N) is 2. The van der Waals surface area contributed by atoms with Gasteiger partial charge in [0.2, 0.25) is 11.8 Å². The Labute approximate surface area is 124 Å². The summed E-state index contributed by atoms with van der Waals surface area (Å²) in [6.07, 6.45) is 1.99. The van der Waals surface area contributed by atoms with Gasteiger partial charge in [0.15, 0.2) is 0 Å². The van der Waals surface area contributed by atoms with Crippen LogP contribution in [0.15, 0.2) is 22.6 Å². The summed E-state index contributed by atoms with van der Waals surface area (Å²) in [5.74, 6) is 1.14. The van der Waals surface area contributed by atoms with Crippen molar-refractivity contribution in [3.63, 3.8) is 0 Å². The second kappa shape index (κ2) is 6.86. The van der Waals surface area contributed by atoms with E-state index in [-0.39, 0.29) is 6.04 Å². The molecule has 0 bridgehead atoms. The van der Waals surface area contributed by atoms with Crippen molar-refractivity contribution in [3.05, 3.63) is 34.7 Å². The molecule has 1 aromatic heterocycles. The molecule has 1 unspecified atom stereocenters. The largest absolute Gasteiger partial charge is 0.419 e. The van der Waals surface area contributed by atoms with E-state index in [1.54, 1.807) is 0 Å². The van der Waals surface area contributed by atoms with Gasteiger partial charge in [0, 0.05) is 10.6 Å². The van der Waals surface area contributed by atoms with Crippen molar-refractivity contribution in [2.45, 2.75) is 39.7 Å². The number of halogens is 1. The number of hydrogen-bond acceptors (Lipinski definition) is 4. The molecule has 1 aromatic carbocycles. The summed E-state index contributed by atoms with van der Waals surface area (Å²) in [4.78, 5) is 0. The van der Waals surface area contributed by atoms with E-state index in [2.05, 4.69) is 29.4 Å². The first kappa shape index (κ1) is 15.0. The number of hydrogen-bond donors (Lipinski definition) is 1. The van der Waals surface area contributed by atoms with Gasteiger partial charge in [-0.25, -0.2) is 0 Å². The van der Waals surface area contributed by atoms with Gasteiger partial charge in [0.1, 0.15) is 0 Å². The summed E-state index contributed by atoms with van der Waals surface area (Å²) in [6.45, 7) is 7.13. The molecule has 1 N–H and O–H groups in total. The molecule has 20 heavy (non-hydrogen) atoms. The summed E-state index contributed by atoms with van der Waals surface area (Å²) in [6, 6.07) is 5.86. The standard InChI is InChI=1S/C15H20ClN3O/c1-4-8-17-13(5-2)15-19-18-14(20-15)11-7-6-10(3)12(16)9-11/h6-7,9,13,17H,4-5,8H2,1-3H3. The van der Waals surface area contributed by atoms with Gasteiger partial charge in [-0.15, -0.1) is 10.2 Å². The molecule has 0 aliphatic carbocycles. The fraction of sp³-hybridized carbons (Fsp3) is 0.467. The third-order valence-corrected chi connectivity index (χ3v) is 3.61. The molecule has 1 heterocycles. The molecule has 1 atom stereocenters. The number of aromatic nitrogens is 2. The average molecular weight is 294 g/mol. The molecular weight excluding hydrogens is 274 g/mol. The zero-order valence-electron chi connectivity index (χ0n) is 12.1. The van der Waals surface area contributed by atoms with Crippen molar-refractivity contribution in [2.24, 2.45) is 0 Å². The van der Waals surface area contributed by atoms with Crippen LogP contribution in [-0.2, 0) is 0 Å². The van der Waals surface area contributed by atoms with Crippen LogP contribution >= 0.6 is 11.6 Å². The smallest absolute Gasteiger partial charge is 0.247 e. The number of benzene rings is 1. The maximum atomic E-state index is 6.13. The molecule has 0 saturated carbocycles. The van der Waals surface area contributed by atoms with Crippen LogP contribution in [0.2, 0.25) is 5.02 Å². The minimum Gasteiger partial charge on any atom is -0.419 e. The molecule has 0 amide bonds. The zero-order chi connectivity index (χ0) is 14.5. The highest BCUT2D eigenvalue weighted by molar-refractivity contribution is 6.31. The van der Waals surface area contributed by atoms with Crippen LogP contribution in [0.25, 0.3) is 11.5 Å². The van der Waals surface area contributed by atoms with E-state index in [4.69, 9.17) is 16.0 Å². The maximum absolute atomic E-state index is 6.13. The van der Waals surface area contributed by atoms with Gasteiger partial charge >= 0.3 is 0 Å². The summed E-state index contributed by atoms with van der Waals surface area (Å²) >= 11 is 6.13. The van der Waals surface area contributed by atoms with Crippen LogP contribution in [0.3, 0.4) is 0 Å². The molecule has 0 spiro atoms. The highest BCUT2D eigenvalue weighted by Crippen LogP contribution is 2.26. The molecule has 0 radical (unpaired) electrons. The Morgan fingerprint density at radius 2 is 2.10 bits per heavy atom. The molecule has 0 saturated heterocycles. The quantitative estimate of drug-likeness (QED) is 0.869. The third-order valence-electron chi connectivity index (χ3n) is 3.21. The number of aryl methyl sites for hydroxylation is 1. The third kappa shape index (κ3) is 3.38. The zero-order valence-corrected chi connectivity index (χ0v) is 12.9. The second-order valence-electron chi connectivity index (χ2n) is 4.82. The van der Waals surface area contributed by atoms with E-state index in [9.17, 15) is 0 Å². The molecule has 4 nitrogen and oxygen atoms in total. The van der Waals surface area contributed by atoms with Crippen molar-refractivity contribution in [2.75, 3.05) is 6.54 Å². The van der Waals surface area contributed by atoms with Gasteiger partial charge < -0.3 is 9.73 Å². The number of rotatable bonds is 6. The van der Waals surface area contributed by atoms with E-state index in [0.717, 1.165) is 30.5 Å². The Hall–Kier alpha value is -1.39. The summed E-state index contributed by atoms with van der Waals surface area (Å²) in [7, 11) is 0. The molecule has 2 rings (SSSR count). The van der Waals surface area contributed by atoms with Gasteiger partial charge in [0.25, 0.3) is 0 Å². The van der Waals surface area contributed by atoms with Gasteiger partial charge in [0.05, 0.1) is 6.04 Å². The van der Waals surface area contributed by atoms with E-state index < -0.39 is 0 Å². The van der Waals surface area contributed by atoms with Crippen molar-refractivity contribution in [1.29, 1.82) is 0 Å². The summed E-state index contributed by atoms with van der Waals surface area (Å²) < 4.78 is 5.77. The van der Waals surface area contributed by atoms with E-state index >= 15 is 0 Å². The van der Waals surface area contributed by atoms with Crippen molar-refractivity contribution < 1.29 is 4.42 Å². The van der Waals surface area contributed by atoms with Gasteiger partial charge in [-0.2, -0.15) is 0 Å². The lowest BCUT2D eigenvalue weighted by Gasteiger charge is -2.11. The van der Waals surface area contributed by atoms with E-state index in [1.165, 1.54) is 0 Å². The maximum Gasteiger partial charge on any atom is 0.247 e. The predicted octanol–water partition coefficient (Wildman–Crippen LogP) is 4.15. The highest BCUT2D eigenvalue weighted by Gasteiger charge is 2.17. The summed E-state index contributed by atoms with van der Waals surface area (Å²) in [5.41, 5.74) is 1.89. The lowest BCUT2D eigenvalue weighted by atomic mass is 10.1. The van der Waals surface area contributed by atoms with Crippen molar-refractivity contribution >= 4 is 11.6 Å². The molecule has 0 fully saturated rings. The topological polar surface area (TPSA) is 51.0 Å². The summed E-state index contributed by atoms with van der Waals surface area (Å²) in [5, 5.41) is 12.4. The second-order valence-corrected chi connectivity index (χ2v) is 5.23. The Morgan fingerprint density at radius 3 is 2.75 bits per heavy atom. The molecule has 0 aliphatic heterocycles. The van der Waals surface area contributed by atoms with Crippen LogP contribution in [0.4, 0.5) is 0 Å². The van der Waals surface area contributed by atoms with Crippen LogP contribution in [-0.4, -0.2) is 16.7 Å². The minimum absolute atomic E-state index is 0.108. The normalized spacial score (nSPS) is 12.6. The molecule has 0 aliphatic rings. The SMILES string of the molecule is CCCNC(CC)c1nnc(-c2ccc(C)c(Cl)c2)o1. The number of nitrogens with one attached hydrogen (secondary N) is 1. The molecule has 5 heteroatoms. The van der Waals surface area contributed by atoms with Crippen molar-refractivity contribution in [3.8, 4) is 11.5 Å². The first-order valence-electron chi connectivity index (χ1n) is 6.99. The van der Waals surface area contributed by atoms with Crippen LogP contribution in [0.5, 0.6) is 0 Å². The first-order valence-corrected chi connectivity index (χ1v) is 7.36. The monoisotopic (exact) mass is 293 g/mol. The van der Waals surface area contributed by atoms with Gasteiger partial charge in [-0.1, -0.05) is 31.5 Å². The Balaban J connectivity index is 2.20. The minimum atomic E-state index is 0.108. The van der Waals surface area contributed by atoms with E-state index in [1.807, 2.05) is 25.1 Å². The van der Waals surface area contributed by atoms with Crippen molar-refractivity contribution in [1.82, 2.24) is 15.5 Å². The van der Waals surface area contributed by atoms with Gasteiger partial charge in [-0.3, -0.25) is 0 Å². The predicted molar refractivity (Wildman–Crippen MR) is 80.8 cm³/mol. The van der Waals surface area contributed by atoms with E-state index in [0.29, 0.717) is 16.8 Å². The Morgan fingerprint density at radius 1 is 1.30 bits per heavy atom. The molecule has 108 valence electrons. The fourth-order valence-corrected chi connectivity index (χ4v) is 2.12. The van der Waals surface area contributed by atoms with Crippen LogP contribution in [0, 0.1) is 6.92 Å². The molecular formula is C15H20ClN3O. The fourth-order valence-electron chi connectivity index (χ4n) is 1.94. The Bertz CT molecular complexity index is 568. The highest BCUT2D eigenvalue weighted by atomic mass is 35.5. The molecule has 2 aromatic rings. The first-order chi connectivity index (χ1) is 9.65. The van der Waals surface area contributed by atoms with Crippen LogP contribution in [0.1, 0.15) is 44.2 Å². The average Bonchev–Trinajstić information content (AvgIpc) is 2.92. The lowest BCUT2D eigenvalue weighted by Crippen LogP contribution is -2.21. The lowest BCUT2D eigenvalue weighted by molar-refractivity contribution is 0.396. The Kier molecular flexibility index (Phi) is 5.15. The van der Waals surface area contributed by atoms with Crippen LogP contribution < -0.4 is 5.32 Å².